The molecule has 0 aliphatic carbocycles. The van der Waals surface area contributed by atoms with Gasteiger partial charge in [-0.2, -0.15) is 5.21 Å². The van der Waals surface area contributed by atoms with Gasteiger partial charge in [0, 0.05) is 18.2 Å². The zero-order valence-corrected chi connectivity index (χ0v) is 11.6. The van der Waals surface area contributed by atoms with Gasteiger partial charge in [-0.1, -0.05) is 19.1 Å². The van der Waals surface area contributed by atoms with Crippen molar-refractivity contribution in [2.45, 2.75) is 19.4 Å². The van der Waals surface area contributed by atoms with Crippen LogP contribution in [0.3, 0.4) is 0 Å². The maximum atomic E-state index is 12.4. The second kappa shape index (κ2) is 6.12. The summed E-state index contributed by atoms with van der Waals surface area (Å²) in [6.45, 7) is 1.72. The number of carboxylic acids is 1. The third-order valence-corrected chi connectivity index (χ3v) is 3.17. The Morgan fingerprint density at radius 2 is 2.19 bits per heavy atom. The Balaban J connectivity index is 2.27. The summed E-state index contributed by atoms with van der Waals surface area (Å²) in [6, 6.07) is 5.81. The number of hydrogen-bond acceptors (Lipinski definition) is 5. The molecule has 1 heterocycles. The topological polar surface area (TPSA) is 112 Å². The molecular formula is C13H15N5O3. The van der Waals surface area contributed by atoms with Crippen molar-refractivity contribution in [3.8, 4) is 11.4 Å². The van der Waals surface area contributed by atoms with Gasteiger partial charge in [-0.25, -0.2) is 4.79 Å². The van der Waals surface area contributed by atoms with Crippen LogP contribution in [-0.2, 0) is 4.79 Å². The Morgan fingerprint density at radius 3 is 2.76 bits per heavy atom. The van der Waals surface area contributed by atoms with E-state index in [0.29, 0.717) is 23.4 Å². The summed E-state index contributed by atoms with van der Waals surface area (Å²) in [5, 5.41) is 22.6. The molecule has 21 heavy (non-hydrogen) atoms. The van der Waals surface area contributed by atoms with E-state index < -0.39 is 12.0 Å². The first-order valence-electron chi connectivity index (χ1n) is 6.38. The zero-order valence-electron chi connectivity index (χ0n) is 11.6. The number of nitrogens with one attached hydrogen (secondary N) is 1. The highest BCUT2D eigenvalue weighted by molar-refractivity contribution is 5.97. The first-order chi connectivity index (χ1) is 10.0. The molecule has 0 fully saturated rings. The largest absolute Gasteiger partial charge is 0.480 e. The van der Waals surface area contributed by atoms with Gasteiger partial charge < -0.3 is 10.0 Å². The van der Waals surface area contributed by atoms with Crippen molar-refractivity contribution in [1.29, 1.82) is 0 Å². The molecule has 110 valence electrons. The number of amides is 1. The summed E-state index contributed by atoms with van der Waals surface area (Å²) in [5.41, 5.74) is 1.01. The highest BCUT2D eigenvalue weighted by atomic mass is 16.4. The number of tetrazole rings is 1. The van der Waals surface area contributed by atoms with Crippen LogP contribution in [0.1, 0.15) is 23.7 Å². The summed E-state index contributed by atoms with van der Waals surface area (Å²) in [5.74, 6) is -1.02. The summed E-state index contributed by atoms with van der Waals surface area (Å²) in [6.07, 6.45) is 0.335. The van der Waals surface area contributed by atoms with Crippen LogP contribution < -0.4 is 0 Å². The van der Waals surface area contributed by atoms with Gasteiger partial charge in [-0.15, -0.1) is 10.2 Å². The van der Waals surface area contributed by atoms with Crippen LogP contribution >= 0.6 is 0 Å². The highest BCUT2D eigenvalue weighted by Crippen LogP contribution is 2.17. The number of carboxylic acid groups (broad SMARTS) is 1. The van der Waals surface area contributed by atoms with E-state index in [1.807, 2.05) is 0 Å². The third-order valence-electron chi connectivity index (χ3n) is 3.17. The summed E-state index contributed by atoms with van der Waals surface area (Å²) < 4.78 is 0. The molecule has 1 aromatic carbocycles. The molecule has 0 aliphatic heterocycles. The monoisotopic (exact) mass is 289 g/mol. The molecule has 1 unspecified atom stereocenters. The first kappa shape index (κ1) is 14.6. The number of hydrogen-bond donors (Lipinski definition) is 2. The van der Waals surface area contributed by atoms with Crippen molar-refractivity contribution < 1.29 is 14.7 Å². The van der Waals surface area contributed by atoms with Gasteiger partial charge >= 0.3 is 5.97 Å². The van der Waals surface area contributed by atoms with E-state index in [1.165, 1.54) is 11.9 Å². The molecule has 8 heteroatoms. The third kappa shape index (κ3) is 3.04. The second-order valence-corrected chi connectivity index (χ2v) is 4.49. The molecule has 0 bridgehead atoms. The van der Waals surface area contributed by atoms with Gasteiger partial charge in [-0.05, 0) is 23.8 Å². The van der Waals surface area contributed by atoms with Crippen molar-refractivity contribution in [3.05, 3.63) is 29.8 Å². The number of aliphatic carboxylic acids is 1. The van der Waals surface area contributed by atoms with E-state index in [-0.39, 0.29) is 5.91 Å². The van der Waals surface area contributed by atoms with Gasteiger partial charge in [0.15, 0.2) is 0 Å². The lowest BCUT2D eigenvalue weighted by Crippen LogP contribution is -2.41. The zero-order chi connectivity index (χ0) is 15.4. The van der Waals surface area contributed by atoms with Crippen LogP contribution in [0, 0.1) is 0 Å². The highest BCUT2D eigenvalue weighted by Gasteiger charge is 2.25. The average Bonchev–Trinajstić information content (AvgIpc) is 3.01. The smallest absolute Gasteiger partial charge is 0.326 e. The van der Waals surface area contributed by atoms with Crippen molar-refractivity contribution in [2.24, 2.45) is 0 Å². The standard InChI is InChI=1S/C13H15N5O3/c1-3-10(13(20)21)18(2)12(19)9-6-4-5-8(7-9)11-14-16-17-15-11/h4-7,10H,3H2,1-2H3,(H,20,21)(H,14,15,16,17). The SMILES string of the molecule is CCC(C(=O)O)N(C)C(=O)c1cccc(-c2nn[nH]n2)c1. The average molecular weight is 289 g/mol. The van der Waals surface area contributed by atoms with Crippen LogP contribution in [0.25, 0.3) is 11.4 Å². The number of benzene rings is 1. The maximum Gasteiger partial charge on any atom is 0.326 e. The molecule has 0 spiro atoms. The van der Waals surface area contributed by atoms with Gasteiger partial charge in [0.2, 0.25) is 5.82 Å². The lowest BCUT2D eigenvalue weighted by molar-refractivity contribution is -0.142. The molecule has 0 saturated carbocycles. The predicted octanol–water partition coefficient (Wildman–Crippen LogP) is 0.802. The fraction of sp³-hybridized carbons (Fsp3) is 0.308. The Morgan fingerprint density at radius 1 is 1.43 bits per heavy atom. The quantitative estimate of drug-likeness (QED) is 0.842. The van der Waals surface area contributed by atoms with Gasteiger partial charge in [0.25, 0.3) is 5.91 Å². The predicted molar refractivity (Wildman–Crippen MR) is 73.4 cm³/mol. The Kier molecular flexibility index (Phi) is 4.27. The number of carbonyl (C=O) groups excluding carboxylic acids is 1. The number of H-pyrrole nitrogens is 1. The fourth-order valence-corrected chi connectivity index (χ4v) is 2.03. The van der Waals surface area contributed by atoms with Crippen LogP contribution in [0.2, 0.25) is 0 Å². The number of nitrogens with zero attached hydrogens (tertiary/aromatic N) is 4. The molecule has 2 aromatic rings. The number of likely N-dealkylation sites (N-methyl/N-ethyl adjacent to an activating group) is 1. The number of rotatable bonds is 5. The van der Waals surface area contributed by atoms with E-state index in [9.17, 15) is 9.59 Å². The number of aromatic nitrogens is 4. The molecule has 0 radical (unpaired) electrons. The maximum absolute atomic E-state index is 12.4. The van der Waals surface area contributed by atoms with Gasteiger partial charge in [-0.3, -0.25) is 4.79 Å². The fourth-order valence-electron chi connectivity index (χ4n) is 2.03. The van der Waals surface area contributed by atoms with Gasteiger partial charge in [0.1, 0.15) is 6.04 Å². The normalized spacial score (nSPS) is 11.9. The van der Waals surface area contributed by atoms with E-state index in [4.69, 9.17) is 5.11 Å². The van der Waals surface area contributed by atoms with Gasteiger partial charge in [0.05, 0.1) is 0 Å². The van der Waals surface area contributed by atoms with Crippen LogP contribution in [-0.4, -0.2) is 55.6 Å². The van der Waals surface area contributed by atoms with E-state index in [1.54, 1.807) is 31.2 Å². The van der Waals surface area contributed by atoms with Crippen molar-refractivity contribution in [2.75, 3.05) is 7.05 Å². The lowest BCUT2D eigenvalue weighted by Gasteiger charge is -2.23. The molecule has 1 amide bonds. The van der Waals surface area contributed by atoms with E-state index in [2.05, 4.69) is 20.6 Å². The van der Waals surface area contributed by atoms with Crippen LogP contribution in [0.4, 0.5) is 0 Å². The Bertz CT molecular complexity index is 641. The van der Waals surface area contributed by atoms with Crippen molar-refractivity contribution >= 4 is 11.9 Å². The minimum absolute atomic E-state index is 0.335. The number of carbonyl (C=O) groups is 2. The van der Waals surface area contributed by atoms with E-state index >= 15 is 0 Å². The molecule has 2 N–H and O–H groups in total. The summed E-state index contributed by atoms with van der Waals surface area (Å²) >= 11 is 0. The molecule has 0 saturated heterocycles. The van der Waals surface area contributed by atoms with Crippen LogP contribution in [0.15, 0.2) is 24.3 Å². The first-order valence-corrected chi connectivity index (χ1v) is 6.38. The minimum atomic E-state index is -1.03. The van der Waals surface area contributed by atoms with Crippen LogP contribution in [0.5, 0.6) is 0 Å². The van der Waals surface area contributed by atoms with Crippen molar-refractivity contribution in [3.63, 3.8) is 0 Å². The molecule has 2 rings (SSSR count). The minimum Gasteiger partial charge on any atom is -0.480 e. The lowest BCUT2D eigenvalue weighted by atomic mass is 10.1. The summed E-state index contributed by atoms with van der Waals surface area (Å²) in [4.78, 5) is 24.7. The molecule has 8 nitrogen and oxygen atoms in total. The number of aromatic amines is 1. The summed E-state index contributed by atoms with van der Waals surface area (Å²) in [7, 11) is 1.48. The molecule has 0 aliphatic rings. The second-order valence-electron chi connectivity index (χ2n) is 4.49. The Hall–Kier alpha value is -2.77. The van der Waals surface area contributed by atoms with E-state index in [0.717, 1.165) is 0 Å². The van der Waals surface area contributed by atoms with Crippen molar-refractivity contribution in [1.82, 2.24) is 25.5 Å². The molecular weight excluding hydrogens is 274 g/mol. The molecule has 1 atom stereocenters. The molecule has 1 aromatic heterocycles. The Labute approximate surface area is 120 Å².